The highest BCUT2D eigenvalue weighted by Crippen LogP contribution is 2.19. The molecule has 0 aliphatic carbocycles. The molecule has 0 aromatic carbocycles. The minimum Gasteiger partial charge on any atom is -0.360 e. The van der Waals surface area contributed by atoms with Crippen molar-refractivity contribution in [2.45, 2.75) is 31.9 Å². The molecule has 2 heterocycles. The van der Waals surface area contributed by atoms with Crippen molar-refractivity contribution in [3.63, 3.8) is 0 Å². The van der Waals surface area contributed by atoms with Crippen LogP contribution in [0, 0.1) is 12.8 Å². The minimum atomic E-state index is -0.336. The molecule has 3 N–H and O–H groups in total. The van der Waals surface area contributed by atoms with E-state index in [0.717, 1.165) is 25.9 Å². The van der Waals surface area contributed by atoms with Crippen LogP contribution < -0.4 is 11.1 Å². The van der Waals surface area contributed by atoms with Gasteiger partial charge in [0.05, 0.1) is 11.0 Å². The van der Waals surface area contributed by atoms with Crippen LogP contribution in [0.1, 0.15) is 25.5 Å². The highest BCUT2D eigenvalue weighted by Gasteiger charge is 2.23. The number of hydrogen-bond acceptors (Lipinski definition) is 6. The van der Waals surface area contributed by atoms with Crippen molar-refractivity contribution in [3.8, 4) is 0 Å². The lowest BCUT2D eigenvalue weighted by Crippen LogP contribution is -2.41. The molecule has 1 aliphatic heterocycles. The Hall–Kier alpha value is -1.25. The van der Waals surface area contributed by atoms with Crippen LogP contribution in [0.15, 0.2) is 10.6 Å². The monoisotopic (exact) mass is 376 g/mol. The fraction of sp³-hybridized carbons (Fsp3) is 0.667. The number of likely N-dealkylation sites (tertiary alicyclic amines) is 1. The van der Waals surface area contributed by atoms with Gasteiger partial charge in [-0.2, -0.15) is 0 Å². The average Bonchev–Trinajstić information content (AvgIpc) is 2.97. The largest absolute Gasteiger partial charge is 0.360 e. The van der Waals surface area contributed by atoms with E-state index in [2.05, 4.69) is 10.5 Å². The molecule has 9 heteroatoms. The van der Waals surface area contributed by atoms with Gasteiger partial charge in [0.2, 0.25) is 11.8 Å². The number of nitrogens with zero attached hydrogens (tertiary/aromatic N) is 2. The molecule has 1 saturated heterocycles. The van der Waals surface area contributed by atoms with Crippen LogP contribution in [0.2, 0.25) is 0 Å². The molecule has 1 fully saturated rings. The summed E-state index contributed by atoms with van der Waals surface area (Å²) >= 11 is 1.33. The zero-order valence-electron chi connectivity index (χ0n) is 14.0. The lowest BCUT2D eigenvalue weighted by Gasteiger charge is -2.31. The number of nitrogens with one attached hydrogen (secondary N) is 1. The number of piperidine rings is 1. The third-order valence-electron chi connectivity index (χ3n) is 4.01. The van der Waals surface area contributed by atoms with Crippen LogP contribution in [0.3, 0.4) is 0 Å². The van der Waals surface area contributed by atoms with E-state index < -0.39 is 0 Å². The van der Waals surface area contributed by atoms with Crippen molar-refractivity contribution in [1.82, 2.24) is 10.1 Å². The molecule has 2 amide bonds. The number of thioether (sulfide) groups is 1. The summed E-state index contributed by atoms with van der Waals surface area (Å²) in [6, 6.07) is 1.65. The van der Waals surface area contributed by atoms with Crippen molar-refractivity contribution in [1.29, 1.82) is 0 Å². The normalized spacial score (nSPS) is 16.4. The van der Waals surface area contributed by atoms with Crippen molar-refractivity contribution >= 4 is 41.8 Å². The first-order valence-electron chi connectivity index (χ1n) is 7.83. The molecule has 0 radical (unpaired) electrons. The first kappa shape index (κ1) is 20.8. The van der Waals surface area contributed by atoms with Crippen molar-refractivity contribution in [3.05, 3.63) is 11.8 Å². The number of halogens is 1. The molecule has 7 nitrogen and oxygen atoms in total. The van der Waals surface area contributed by atoms with Crippen LogP contribution in [-0.4, -0.2) is 52.5 Å². The number of aryl methyl sites for hydroxylation is 1. The lowest BCUT2D eigenvalue weighted by atomic mass is 9.97. The third-order valence-corrected chi connectivity index (χ3v) is 5.13. The maximum Gasteiger partial charge on any atom is 0.238 e. The average molecular weight is 377 g/mol. The van der Waals surface area contributed by atoms with Crippen LogP contribution in [0.4, 0.5) is 5.82 Å². The SMILES string of the molecule is Cc1cc(NC(=O)C(C)SCC(=O)N2CCC(CN)CC2)no1.Cl. The smallest absolute Gasteiger partial charge is 0.238 e. The molecule has 136 valence electrons. The van der Waals surface area contributed by atoms with Gasteiger partial charge in [0, 0.05) is 19.2 Å². The van der Waals surface area contributed by atoms with Crippen LogP contribution >= 0.6 is 24.2 Å². The fourth-order valence-corrected chi connectivity index (χ4v) is 3.22. The minimum absolute atomic E-state index is 0. The lowest BCUT2D eigenvalue weighted by molar-refractivity contribution is -0.129. The van der Waals surface area contributed by atoms with Crippen molar-refractivity contribution in [2.24, 2.45) is 11.7 Å². The molecule has 1 aliphatic rings. The Labute approximate surface area is 152 Å². The second kappa shape index (κ2) is 9.90. The molecule has 2 rings (SSSR count). The Balaban J connectivity index is 0.00000288. The molecule has 1 unspecified atom stereocenters. The predicted molar refractivity (Wildman–Crippen MR) is 97.4 cm³/mol. The Morgan fingerprint density at radius 2 is 2.17 bits per heavy atom. The zero-order valence-corrected chi connectivity index (χ0v) is 15.6. The highest BCUT2D eigenvalue weighted by atomic mass is 35.5. The number of rotatable bonds is 6. The van der Waals surface area contributed by atoms with Gasteiger partial charge in [-0.25, -0.2) is 0 Å². The maximum absolute atomic E-state index is 12.2. The molecule has 1 aromatic rings. The molecule has 1 aromatic heterocycles. The van der Waals surface area contributed by atoms with Gasteiger partial charge in [0.25, 0.3) is 0 Å². The summed E-state index contributed by atoms with van der Waals surface area (Å²) in [6.07, 6.45) is 1.93. The molecule has 0 spiro atoms. The van der Waals surface area contributed by atoms with Crippen molar-refractivity contribution < 1.29 is 14.1 Å². The molecular weight excluding hydrogens is 352 g/mol. The number of nitrogens with two attached hydrogens (primary N) is 1. The van der Waals surface area contributed by atoms with Gasteiger partial charge in [0.1, 0.15) is 5.76 Å². The summed E-state index contributed by atoms with van der Waals surface area (Å²) in [4.78, 5) is 26.1. The van der Waals surface area contributed by atoms with E-state index in [9.17, 15) is 9.59 Å². The third kappa shape index (κ3) is 5.99. The van der Waals surface area contributed by atoms with E-state index in [0.29, 0.717) is 29.8 Å². The van der Waals surface area contributed by atoms with Gasteiger partial charge in [-0.15, -0.1) is 24.2 Å². The van der Waals surface area contributed by atoms with Gasteiger partial charge >= 0.3 is 0 Å². The highest BCUT2D eigenvalue weighted by molar-refractivity contribution is 8.01. The Bertz CT molecular complexity index is 547. The predicted octanol–water partition coefficient (Wildman–Crippen LogP) is 1.66. The molecule has 0 bridgehead atoms. The zero-order chi connectivity index (χ0) is 16.8. The van der Waals surface area contributed by atoms with E-state index in [1.165, 1.54) is 11.8 Å². The molecular formula is C15H25ClN4O3S. The van der Waals surface area contributed by atoms with Gasteiger partial charge < -0.3 is 20.5 Å². The number of carbonyl (C=O) groups is 2. The topological polar surface area (TPSA) is 101 Å². The summed E-state index contributed by atoms with van der Waals surface area (Å²) < 4.78 is 4.90. The van der Waals surface area contributed by atoms with Gasteiger partial charge in [-0.05, 0) is 39.2 Å². The van der Waals surface area contributed by atoms with Crippen LogP contribution in [0.25, 0.3) is 0 Å². The van der Waals surface area contributed by atoms with Gasteiger partial charge in [-0.3, -0.25) is 9.59 Å². The first-order chi connectivity index (χ1) is 11.0. The Morgan fingerprint density at radius 3 is 2.71 bits per heavy atom. The summed E-state index contributed by atoms with van der Waals surface area (Å²) in [5.74, 6) is 1.77. The first-order valence-corrected chi connectivity index (χ1v) is 8.88. The Morgan fingerprint density at radius 1 is 1.50 bits per heavy atom. The van der Waals surface area contributed by atoms with E-state index in [-0.39, 0.29) is 29.5 Å². The van der Waals surface area contributed by atoms with Crippen LogP contribution in [0.5, 0.6) is 0 Å². The van der Waals surface area contributed by atoms with E-state index in [1.807, 2.05) is 4.90 Å². The number of aromatic nitrogens is 1. The van der Waals surface area contributed by atoms with Crippen LogP contribution in [-0.2, 0) is 9.59 Å². The standard InChI is InChI=1S/C15H24N4O3S.ClH/c1-10-7-13(18-22-10)17-15(21)11(2)23-9-14(20)19-5-3-12(8-16)4-6-19;/h7,11-12H,3-6,8-9,16H2,1-2H3,(H,17,18,21);1H. The summed E-state index contributed by atoms with van der Waals surface area (Å²) in [5.41, 5.74) is 5.66. The molecule has 1 atom stereocenters. The number of carbonyl (C=O) groups excluding carboxylic acids is 2. The second-order valence-electron chi connectivity index (χ2n) is 5.83. The number of hydrogen-bond donors (Lipinski definition) is 2. The fourth-order valence-electron chi connectivity index (χ4n) is 2.43. The summed E-state index contributed by atoms with van der Waals surface area (Å²) in [7, 11) is 0. The van der Waals surface area contributed by atoms with Gasteiger partial charge in [0.15, 0.2) is 5.82 Å². The quantitative estimate of drug-likeness (QED) is 0.782. The number of amides is 2. The van der Waals surface area contributed by atoms with E-state index >= 15 is 0 Å². The second-order valence-corrected chi connectivity index (χ2v) is 7.15. The summed E-state index contributed by atoms with van der Waals surface area (Å²) in [6.45, 7) is 5.75. The van der Waals surface area contributed by atoms with Crippen molar-refractivity contribution in [2.75, 3.05) is 30.7 Å². The molecule has 24 heavy (non-hydrogen) atoms. The van der Waals surface area contributed by atoms with E-state index in [4.69, 9.17) is 10.3 Å². The van der Waals surface area contributed by atoms with E-state index in [1.54, 1.807) is 19.9 Å². The number of anilines is 1. The van der Waals surface area contributed by atoms with Gasteiger partial charge in [-0.1, -0.05) is 5.16 Å². The summed E-state index contributed by atoms with van der Waals surface area (Å²) in [5, 5.41) is 6.06. The Kier molecular flexibility index (Phi) is 8.58. The molecule has 0 saturated carbocycles. The maximum atomic E-state index is 12.2.